The number of rotatable bonds is 10. The van der Waals surface area contributed by atoms with Gasteiger partial charge in [0.1, 0.15) is 11.5 Å². The molecule has 41 heavy (non-hydrogen) atoms. The number of nitrogens with zero attached hydrogens (tertiary/aromatic N) is 3. The molecule has 2 fully saturated rings. The van der Waals surface area contributed by atoms with Crippen molar-refractivity contribution in [2.75, 3.05) is 26.3 Å². The molecule has 3 unspecified atom stereocenters. The fourth-order valence-electron chi connectivity index (χ4n) is 5.66. The van der Waals surface area contributed by atoms with Gasteiger partial charge < -0.3 is 25.2 Å². The third kappa shape index (κ3) is 6.56. The maximum absolute atomic E-state index is 16.3. The van der Waals surface area contributed by atoms with Gasteiger partial charge in [-0.3, -0.25) is 4.98 Å². The summed E-state index contributed by atoms with van der Waals surface area (Å²) >= 11 is 6.56. The lowest BCUT2D eigenvalue weighted by molar-refractivity contribution is 0.0642. The smallest absolute Gasteiger partial charge is 0.211 e. The predicted octanol–water partition coefficient (Wildman–Crippen LogP) is 5.59. The highest BCUT2D eigenvalue weighted by Crippen LogP contribution is 2.35. The van der Waals surface area contributed by atoms with Crippen LogP contribution in [-0.4, -0.2) is 70.4 Å². The van der Waals surface area contributed by atoms with Crippen molar-refractivity contribution >= 4 is 28.2 Å². The molecule has 5 rings (SSSR count). The van der Waals surface area contributed by atoms with Crippen molar-refractivity contribution in [3.8, 4) is 11.3 Å². The topological polar surface area (TPSA) is 90.2 Å². The van der Waals surface area contributed by atoms with Crippen molar-refractivity contribution in [2.24, 2.45) is 4.99 Å². The van der Waals surface area contributed by atoms with Crippen LogP contribution in [0, 0.1) is 12.7 Å². The van der Waals surface area contributed by atoms with Gasteiger partial charge in [0.05, 0.1) is 19.3 Å². The summed E-state index contributed by atoms with van der Waals surface area (Å²) < 4.78 is 22.3. The number of aliphatic hydroxyl groups excluding tert-OH is 2. The van der Waals surface area contributed by atoms with E-state index in [-0.39, 0.29) is 25.3 Å². The molecule has 2 bridgehead atoms. The first kappa shape index (κ1) is 29.5. The van der Waals surface area contributed by atoms with Gasteiger partial charge in [-0.2, -0.15) is 4.99 Å². The van der Waals surface area contributed by atoms with Crippen LogP contribution in [0.2, 0.25) is 5.02 Å². The lowest BCUT2D eigenvalue weighted by Crippen LogP contribution is -2.53. The van der Waals surface area contributed by atoms with Crippen molar-refractivity contribution in [1.82, 2.24) is 15.2 Å². The van der Waals surface area contributed by atoms with Crippen molar-refractivity contribution < 1.29 is 19.3 Å². The average Bonchev–Trinajstić information content (AvgIpc) is 3.32. The number of hydrogen-bond donors (Lipinski definition) is 3. The fourth-order valence-corrected chi connectivity index (χ4v) is 5.94. The normalized spacial score (nSPS) is 20.1. The van der Waals surface area contributed by atoms with E-state index >= 15 is 4.39 Å². The van der Waals surface area contributed by atoms with Crippen molar-refractivity contribution in [2.45, 2.75) is 64.1 Å². The number of nitrogens with one attached hydrogen (secondary N) is 1. The van der Waals surface area contributed by atoms with Crippen LogP contribution in [0.3, 0.4) is 0 Å². The van der Waals surface area contributed by atoms with E-state index in [4.69, 9.17) is 21.3 Å². The number of pyridine rings is 1. The summed E-state index contributed by atoms with van der Waals surface area (Å²) in [5.74, 6) is 0.634. The number of fused-ring (bicyclic) bond motifs is 3. The molecule has 0 amide bonds. The maximum atomic E-state index is 16.3. The van der Waals surface area contributed by atoms with Crippen LogP contribution < -0.4 is 5.32 Å². The SMILES string of the molecule is CCC/C=C(/N=C(\c1cnc(-c2cccc3cccc(Cl)c23)c(F)c1C)N1CC2CCC(C1)N2)OCCC(O)CO. The molecule has 0 spiro atoms. The van der Waals surface area contributed by atoms with E-state index < -0.39 is 11.9 Å². The summed E-state index contributed by atoms with van der Waals surface area (Å²) in [5, 5.41) is 24.9. The Morgan fingerprint density at radius 3 is 2.68 bits per heavy atom. The number of allylic oxidation sites excluding steroid dienone is 1. The molecule has 0 radical (unpaired) electrons. The Bertz CT molecular complexity index is 1430. The number of piperazine rings is 1. The van der Waals surface area contributed by atoms with Crippen LogP contribution in [-0.2, 0) is 4.74 Å². The molecule has 1 aromatic heterocycles. The number of aliphatic imine (C=N–C) groups is 1. The van der Waals surface area contributed by atoms with Gasteiger partial charge in [-0.15, -0.1) is 0 Å². The molecule has 2 aromatic carbocycles. The van der Waals surface area contributed by atoms with Crippen molar-refractivity contribution in [3.63, 3.8) is 0 Å². The van der Waals surface area contributed by atoms with E-state index in [2.05, 4.69) is 22.1 Å². The Balaban J connectivity index is 1.57. The third-order valence-electron chi connectivity index (χ3n) is 7.87. The minimum Gasteiger partial charge on any atom is -0.478 e. The average molecular weight is 581 g/mol. The van der Waals surface area contributed by atoms with Gasteiger partial charge in [0.25, 0.3) is 0 Å². The fraction of sp³-hybridized carbons (Fsp3) is 0.438. The van der Waals surface area contributed by atoms with E-state index in [1.807, 2.05) is 36.4 Å². The van der Waals surface area contributed by atoms with Gasteiger partial charge in [0.2, 0.25) is 5.88 Å². The number of ether oxygens (including phenoxy) is 1. The molecule has 9 heteroatoms. The Kier molecular flexibility index (Phi) is 9.55. The summed E-state index contributed by atoms with van der Waals surface area (Å²) in [6.07, 6.45) is 6.90. The van der Waals surface area contributed by atoms with Gasteiger partial charge in [-0.25, -0.2) is 4.39 Å². The van der Waals surface area contributed by atoms with Crippen LogP contribution in [0.4, 0.5) is 4.39 Å². The zero-order chi connectivity index (χ0) is 28.9. The van der Waals surface area contributed by atoms with Crippen LogP contribution in [0.25, 0.3) is 22.0 Å². The van der Waals surface area contributed by atoms with Gasteiger partial charge in [0.15, 0.2) is 5.82 Å². The quantitative estimate of drug-likeness (QED) is 0.165. The second kappa shape index (κ2) is 13.3. The summed E-state index contributed by atoms with van der Waals surface area (Å²) in [6.45, 7) is 5.22. The number of benzene rings is 2. The van der Waals surface area contributed by atoms with E-state index in [1.165, 1.54) is 0 Å². The molecule has 0 aliphatic carbocycles. The Hall–Kier alpha value is -3.04. The van der Waals surface area contributed by atoms with Crippen molar-refractivity contribution in [1.29, 1.82) is 0 Å². The van der Waals surface area contributed by atoms with Crippen LogP contribution in [0.5, 0.6) is 0 Å². The summed E-state index contributed by atoms with van der Waals surface area (Å²) in [5.41, 5.74) is 1.96. The molecule has 3 aromatic rings. The number of hydrogen-bond acceptors (Lipinski definition) is 6. The van der Waals surface area contributed by atoms with Gasteiger partial charge in [-0.05, 0) is 49.3 Å². The molecule has 2 aliphatic rings. The number of likely N-dealkylation sites (tertiary alicyclic amines) is 1. The number of amidine groups is 1. The van der Waals surface area contributed by atoms with Gasteiger partial charge in [0, 0.05) is 59.3 Å². The number of aromatic nitrogens is 1. The largest absolute Gasteiger partial charge is 0.478 e. The molecular formula is C32H38ClFN4O3. The minimum atomic E-state index is -0.856. The maximum Gasteiger partial charge on any atom is 0.211 e. The predicted molar refractivity (Wildman–Crippen MR) is 162 cm³/mol. The molecule has 0 saturated carbocycles. The van der Waals surface area contributed by atoms with Gasteiger partial charge in [-0.1, -0.05) is 55.3 Å². The second-order valence-corrected chi connectivity index (χ2v) is 11.3. The van der Waals surface area contributed by atoms with E-state index in [0.717, 1.165) is 49.5 Å². The summed E-state index contributed by atoms with van der Waals surface area (Å²) in [7, 11) is 0. The second-order valence-electron chi connectivity index (χ2n) is 10.9. The number of unbranched alkanes of at least 4 members (excludes halogenated alkanes) is 1. The van der Waals surface area contributed by atoms with Crippen LogP contribution in [0.1, 0.15) is 50.2 Å². The first-order chi connectivity index (χ1) is 19.9. The molecule has 7 nitrogen and oxygen atoms in total. The minimum absolute atomic E-state index is 0.202. The molecule has 218 valence electrons. The monoisotopic (exact) mass is 580 g/mol. The van der Waals surface area contributed by atoms with Gasteiger partial charge >= 0.3 is 0 Å². The molecule has 3 atom stereocenters. The van der Waals surface area contributed by atoms with E-state index in [1.54, 1.807) is 19.2 Å². The highest BCUT2D eigenvalue weighted by atomic mass is 35.5. The van der Waals surface area contributed by atoms with E-state index in [9.17, 15) is 10.2 Å². The van der Waals surface area contributed by atoms with Crippen LogP contribution >= 0.6 is 11.6 Å². The molecule has 3 heterocycles. The highest BCUT2D eigenvalue weighted by Gasteiger charge is 2.35. The molecular weight excluding hydrogens is 543 g/mol. The number of aliphatic hydroxyl groups is 2. The number of halogens is 2. The molecule has 3 N–H and O–H groups in total. The first-order valence-electron chi connectivity index (χ1n) is 14.4. The zero-order valence-corrected chi connectivity index (χ0v) is 24.4. The highest BCUT2D eigenvalue weighted by molar-refractivity contribution is 6.36. The standard InChI is InChI=1S/C32H38ClFN4O3/c1-3-4-11-28(41-15-14-24(40)19-39)37-32(38-17-22-12-13-23(18-38)36-22)26-16-35-31(30(34)20(26)2)25-9-5-7-21-8-6-10-27(33)29(21)25/h5-11,16,22-24,36,39-40H,3-4,12-15,17-19H2,1-2H3/b28-11-,37-32+. The summed E-state index contributed by atoms with van der Waals surface area (Å²) in [4.78, 5) is 11.8. The molecule has 2 aliphatic heterocycles. The Morgan fingerprint density at radius 1 is 1.24 bits per heavy atom. The van der Waals surface area contributed by atoms with Crippen LogP contribution in [0.15, 0.2) is 59.5 Å². The Morgan fingerprint density at radius 2 is 1.98 bits per heavy atom. The molecule has 2 saturated heterocycles. The lowest BCUT2D eigenvalue weighted by atomic mass is 9.98. The Labute approximate surface area is 245 Å². The zero-order valence-electron chi connectivity index (χ0n) is 23.6. The van der Waals surface area contributed by atoms with E-state index in [0.29, 0.717) is 45.5 Å². The van der Waals surface area contributed by atoms with Crippen molar-refractivity contribution in [3.05, 3.63) is 76.5 Å². The lowest BCUT2D eigenvalue weighted by Gasteiger charge is -2.35. The summed E-state index contributed by atoms with van der Waals surface area (Å²) in [6, 6.07) is 12.0. The third-order valence-corrected chi connectivity index (χ3v) is 8.18. The first-order valence-corrected chi connectivity index (χ1v) is 14.8.